The predicted octanol–water partition coefficient (Wildman–Crippen LogP) is 3.79. The molecule has 0 fully saturated rings. The minimum Gasteiger partial charge on any atom is -0.372 e. The molecule has 0 bridgehead atoms. The average Bonchev–Trinajstić information content (AvgIpc) is 2.48. The summed E-state index contributed by atoms with van der Waals surface area (Å²) in [4.78, 5) is 14.3. The third-order valence-electron chi connectivity index (χ3n) is 4.17. The van der Waals surface area contributed by atoms with Crippen molar-refractivity contribution in [2.45, 2.75) is 33.4 Å². The van der Waals surface area contributed by atoms with Gasteiger partial charge in [0.05, 0.1) is 17.9 Å². The van der Waals surface area contributed by atoms with E-state index in [2.05, 4.69) is 18.3 Å². The second kappa shape index (κ2) is 5.44. The van der Waals surface area contributed by atoms with E-state index in [1.165, 1.54) is 17.7 Å². The minimum atomic E-state index is -0.268. The Bertz CT molecular complexity index is 725. The summed E-state index contributed by atoms with van der Waals surface area (Å²) in [5, 5.41) is 3.25. The first kappa shape index (κ1) is 14.6. The van der Waals surface area contributed by atoms with E-state index < -0.39 is 0 Å². The van der Waals surface area contributed by atoms with Crippen LogP contribution in [0.25, 0.3) is 0 Å². The zero-order valence-electron chi connectivity index (χ0n) is 13.0. The van der Waals surface area contributed by atoms with Crippen molar-refractivity contribution in [2.24, 2.45) is 0 Å². The highest BCUT2D eigenvalue weighted by Gasteiger charge is 2.29. The van der Waals surface area contributed by atoms with Gasteiger partial charge in [-0.2, -0.15) is 0 Å². The molecule has 1 amide bonds. The fraction of sp³-hybridized carbons (Fsp3) is 0.278. The smallest absolute Gasteiger partial charge is 0.249 e. The van der Waals surface area contributed by atoms with Crippen LogP contribution in [0.2, 0.25) is 0 Å². The Labute approximate surface area is 129 Å². The van der Waals surface area contributed by atoms with Gasteiger partial charge >= 0.3 is 0 Å². The summed E-state index contributed by atoms with van der Waals surface area (Å²) in [6, 6.07) is 10.1. The number of aryl methyl sites for hydroxylation is 2. The number of nitrogens with zero attached hydrogens (tertiary/aromatic N) is 1. The maximum Gasteiger partial charge on any atom is 0.249 e. The molecule has 1 aliphatic rings. The van der Waals surface area contributed by atoms with Crippen LogP contribution in [0.1, 0.15) is 23.6 Å². The lowest BCUT2D eigenvalue weighted by Gasteiger charge is -2.34. The maximum absolute atomic E-state index is 13.0. The number of hydrogen-bond acceptors (Lipinski definition) is 2. The van der Waals surface area contributed by atoms with Crippen molar-refractivity contribution in [3.8, 4) is 0 Å². The van der Waals surface area contributed by atoms with Crippen LogP contribution in [0, 0.1) is 19.7 Å². The largest absolute Gasteiger partial charge is 0.372 e. The number of benzene rings is 2. The third-order valence-corrected chi connectivity index (χ3v) is 4.17. The zero-order valence-corrected chi connectivity index (χ0v) is 13.0. The minimum absolute atomic E-state index is 0.0279. The summed E-state index contributed by atoms with van der Waals surface area (Å²) in [5.41, 5.74) is 5.10. The topological polar surface area (TPSA) is 32.3 Å². The van der Waals surface area contributed by atoms with Gasteiger partial charge in [-0.05, 0) is 61.7 Å². The number of carbonyl (C=O) groups is 1. The molecule has 2 aromatic carbocycles. The number of amides is 1. The van der Waals surface area contributed by atoms with Crippen molar-refractivity contribution in [1.82, 2.24) is 0 Å². The lowest BCUT2D eigenvalue weighted by molar-refractivity contribution is -0.119. The number of anilines is 2. The molecule has 4 heteroatoms. The summed E-state index contributed by atoms with van der Waals surface area (Å²) in [6.07, 6.45) is 0. The van der Waals surface area contributed by atoms with Crippen molar-refractivity contribution >= 4 is 17.3 Å². The molecule has 1 atom stereocenters. The summed E-state index contributed by atoms with van der Waals surface area (Å²) >= 11 is 0. The molecule has 3 nitrogen and oxygen atoms in total. The lowest BCUT2D eigenvalue weighted by Crippen LogP contribution is -2.45. The van der Waals surface area contributed by atoms with Crippen LogP contribution < -0.4 is 10.2 Å². The van der Waals surface area contributed by atoms with E-state index in [1.807, 2.05) is 19.9 Å². The van der Waals surface area contributed by atoms with Crippen molar-refractivity contribution in [1.29, 1.82) is 0 Å². The van der Waals surface area contributed by atoms with Crippen LogP contribution in [0.5, 0.6) is 0 Å². The van der Waals surface area contributed by atoms with E-state index in [-0.39, 0.29) is 17.8 Å². The number of rotatable bonds is 2. The van der Waals surface area contributed by atoms with Gasteiger partial charge in [-0.3, -0.25) is 4.79 Å². The SMILES string of the molecule is Cc1cc2c(cc1C)N(Cc1ccc(F)cc1)C(=O)C(C)N2. The van der Waals surface area contributed by atoms with E-state index >= 15 is 0 Å². The lowest BCUT2D eigenvalue weighted by atomic mass is 10.0. The monoisotopic (exact) mass is 298 g/mol. The molecule has 0 radical (unpaired) electrons. The first-order chi connectivity index (χ1) is 10.5. The second-order valence-electron chi connectivity index (χ2n) is 5.87. The van der Waals surface area contributed by atoms with Gasteiger partial charge in [0, 0.05) is 0 Å². The van der Waals surface area contributed by atoms with Gasteiger partial charge < -0.3 is 10.2 Å². The standard InChI is InChI=1S/C18H19FN2O/c1-11-8-16-17(9-12(11)2)21(18(22)13(3)20-16)10-14-4-6-15(19)7-5-14/h4-9,13,20H,10H2,1-3H3. The molecule has 0 saturated carbocycles. The molecular formula is C18H19FN2O. The Kier molecular flexibility index (Phi) is 3.61. The van der Waals surface area contributed by atoms with Crippen molar-refractivity contribution < 1.29 is 9.18 Å². The van der Waals surface area contributed by atoms with E-state index in [0.717, 1.165) is 22.5 Å². The van der Waals surface area contributed by atoms with Crippen LogP contribution in [0.3, 0.4) is 0 Å². The highest BCUT2D eigenvalue weighted by molar-refractivity contribution is 6.04. The fourth-order valence-corrected chi connectivity index (χ4v) is 2.72. The van der Waals surface area contributed by atoms with Crippen molar-refractivity contribution in [3.05, 3.63) is 58.9 Å². The molecule has 22 heavy (non-hydrogen) atoms. The molecular weight excluding hydrogens is 279 g/mol. The van der Waals surface area contributed by atoms with E-state index in [4.69, 9.17) is 0 Å². The molecule has 1 heterocycles. The first-order valence-corrected chi connectivity index (χ1v) is 7.39. The molecule has 114 valence electrons. The number of hydrogen-bond donors (Lipinski definition) is 1. The van der Waals surface area contributed by atoms with E-state index in [9.17, 15) is 9.18 Å². The van der Waals surface area contributed by atoms with Gasteiger partial charge in [0.2, 0.25) is 5.91 Å². The van der Waals surface area contributed by atoms with Crippen LogP contribution in [0.4, 0.5) is 15.8 Å². The Hall–Kier alpha value is -2.36. The van der Waals surface area contributed by atoms with Gasteiger partial charge in [-0.15, -0.1) is 0 Å². The van der Waals surface area contributed by atoms with Gasteiger partial charge in [0.15, 0.2) is 0 Å². The molecule has 0 spiro atoms. The van der Waals surface area contributed by atoms with Crippen molar-refractivity contribution in [2.75, 3.05) is 10.2 Å². The van der Waals surface area contributed by atoms with E-state index in [0.29, 0.717) is 6.54 Å². The van der Waals surface area contributed by atoms with Crippen LogP contribution in [0.15, 0.2) is 36.4 Å². The van der Waals surface area contributed by atoms with E-state index in [1.54, 1.807) is 17.0 Å². The molecule has 0 aliphatic carbocycles. The maximum atomic E-state index is 13.0. The molecule has 0 saturated heterocycles. The first-order valence-electron chi connectivity index (χ1n) is 7.39. The molecule has 1 N–H and O–H groups in total. The van der Waals surface area contributed by atoms with Gasteiger partial charge in [-0.1, -0.05) is 12.1 Å². The average molecular weight is 298 g/mol. The molecule has 3 rings (SSSR count). The predicted molar refractivity (Wildman–Crippen MR) is 86.6 cm³/mol. The zero-order chi connectivity index (χ0) is 15.9. The summed E-state index contributed by atoms with van der Waals surface area (Å²) in [7, 11) is 0. The highest BCUT2D eigenvalue weighted by Crippen LogP contribution is 2.35. The Morgan fingerprint density at radius 2 is 1.77 bits per heavy atom. The Balaban J connectivity index is 2.01. The Morgan fingerprint density at radius 3 is 2.45 bits per heavy atom. The number of nitrogens with one attached hydrogen (secondary N) is 1. The molecule has 1 aliphatic heterocycles. The normalized spacial score (nSPS) is 17.2. The number of carbonyl (C=O) groups excluding carboxylic acids is 1. The fourth-order valence-electron chi connectivity index (χ4n) is 2.72. The quantitative estimate of drug-likeness (QED) is 0.915. The van der Waals surface area contributed by atoms with Gasteiger partial charge in [-0.25, -0.2) is 4.39 Å². The summed E-state index contributed by atoms with van der Waals surface area (Å²) in [6.45, 7) is 6.40. The highest BCUT2D eigenvalue weighted by atomic mass is 19.1. The molecule has 1 unspecified atom stereocenters. The van der Waals surface area contributed by atoms with Crippen LogP contribution in [-0.4, -0.2) is 11.9 Å². The van der Waals surface area contributed by atoms with Gasteiger partial charge in [0.25, 0.3) is 0 Å². The molecule has 0 aromatic heterocycles. The molecule has 2 aromatic rings. The number of halogens is 1. The van der Waals surface area contributed by atoms with Crippen LogP contribution >= 0.6 is 0 Å². The summed E-state index contributed by atoms with van der Waals surface area (Å²) < 4.78 is 13.0. The van der Waals surface area contributed by atoms with Crippen molar-refractivity contribution in [3.63, 3.8) is 0 Å². The Morgan fingerprint density at radius 1 is 1.14 bits per heavy atom. The van der Waals surface area contributed by atoms with Gasteiger partial charge in [0.1, 0.15) is 11.9 Å². The second-order valence-corrected chi connectivity index (χ2v) is 5.87. The third kappa shape index (κ3) is 2.56. The number of fused-ring (bicyclic) bond motifs is 1. The summed E-state index contributed by atoms with van der Waals surface area (Å²) in [5.74, 6) is -0.240. The van der Waals surface area contributed by atoms with Crippen LogP contribution in [-0.2, 0) is 11.3 Å².